The Bertz CT molecular complexity index is 1030. The molecule has 6 nitrogen and oxygen atoms in total. The topological polar surface area (TPSA) is 67.6 Å². The number of fused-ring (bicyclic) bond motifs is 1. The van der Waals surface area contributed by atoms with Crippen LogP contribution in [0.3, 0.4) is 0 Å². The normalized spacial score (nSPS) is 18.9. The fraction of sp³-hybridized carbons (Fsp3) is 0.294. The van der Waals surface area contributed by atoms with Gasteiger partial charge in [-0.1, -0.05) is 0 Å². The highest BCUT2D eigenvalue weighted by Gasteiger charge is 2.31. The van der Waals surface area contributed by atoms with Crippen molar-refractivity contribution in [1.29, 1.82) is 0 Å². The molecule has 0 N–H and O–H groups in total. The maximum Gasteiger partial charge on any atom is 0.234 e. The molecule has 0 spiro atoms. The second kappa shape index (κ2) is 5.89. The molecule has 25 heavy (non-hydrogen) atoms. The molecule has 0 unspecified atom stereocenters. The van der Waals surface area contributed by atoms with Gasteiger partial charge < -0.3 is 0 Å². The summed E-state index contributed by atoms with van der Waals surface area (Å²) in [6.07, 6.45) is 5.38. The van der Waals surface area contributed by atoms with E-state index in [4.69, 9.17) is 0 Å². The first-order valence-corrected chi connectivity index (χ1v) is 9.82. The standard InChI is InChI=1S/C17H17FN4O2S/c1-25(23,24)21-9-7-13(11-21)15-6-8-19-17-20-10-16(22(15)17)12-2-4-14(18)5-3-12/h2-6,8,10,13H,7,9,11H2,1H3/t13-/m0/s1. The molecule has 8 heteroatoms. The minimum Gasteiger partial charge on any atom is -0.280 e. The second-order valence-corrected chi connectivity index (χ2v) is 8.24. The van der Waals surface area contributed by atoms with Crippen molar-refractivity contribution < 1.29 is 12.8 Å². The Morgan fingerprint density at radius 3 is 2.60 bits per heavy atom. The van der Waals surface area contributed by atoms with Crippen LogP contribution in [0.2, 0.25) is 0 Å². The van der Waals surface area contributed by atoms with E-state index < -0.39 is 10.0 Å². The zero-order valence-corrected chi connectivity index (χ0v) is 14.4. The summed E-state index contributed by atoms with van der Waals surface area (Å²) >= 11 is 0. The Morgan fingerprint density at radius 2 is 1.92 bits per heavy atom. The molecule has 130 valence electrons. The molecule has 0 bridgehead atoms. The zero-order valence-electron chi connectivity index (χ0n) is 13.6. The zero-order chi connectivity index (χ0) is 17.6. The number of rotatable bonds is 3. The highest BCUT2D eigenvalue weighted by atomic mass is 32.2. The SMILES string of the molecule is CS(=O)(=O)N1CC[C@H](c2ccnc3ncc(-c4ccc(F)cc4)n23)C1. The molecule has 4 rings (SSSR count). The summed E-state index contributed by atoms with van der Waals surface area (Å²) < 4.78 is 40.3. The summed E-state index contributed by atoms with van der Waals surface area (Å²) in [5.74, 6) is 0.318. The third-order valence-electron chi connectivity index (χ3n) is 4.61. The van der Waals surface area contributed by atoms with E-state index in [2.05, 4.69) is 9.97 Å². The summed E-state index contributed by atoms with van der Waals surface area (Å²) in [7, 11) is -3.20. The van der Waals surface area contributed by atoms with Gasteiger partial charge in [0, 0.05) is 36.5 Å². The van der Waals surface area contributed by atoms with Crippen molar-refractivity contribution in [2.75, 3.05) is 19.3 Å². The third kappa shape index (κ3) is 2.91. The van der Waals surface area contributed by atoms with Gasteiger partial charge in [-0.25, -0.2) is 27.1 Å². The van der Waals surface area contributed by atoms with E-state index in [0.29, 0.717) is 18.9 Å². The van der Waals surface area contributed by atoms with Crippen LogP contribution in [0.5, 0.6) is 0 Å². The van der Waals surface area contributed by atoms with Crippen molar-refractivity contribution in [2.45, 2.75) is 12.3 Å². The van der Waals surface area contributed by atoms with Crippen LogP contribution in [0.25, 0.3) is 17.0 Å². The molecule has 0 aliphatic carbocycles. The van der Waals surface area contributed by atoms with Crippen LogP contribution in [0.15, 0.2) is 42.7 Å². The number of halogens is 1. The lowest BCUT2D eigenvalue weighted by Crippen LogP contribution is -2.27. The van der Waals surface area contributed by atoms with E-state index in [9.17, 15) is 12.8 Å². The number of aromatic nitrogens is 3. The van der Waals surface area contributed by atoms with E-state index >= 15 is 0 Å². The van der Waals surface area contributed by atoms with Crippen molar-refractivity contribution in [2.24, 2.45) is 0 Å². The molecule has 0 saturated carbocycles. The van der Waals surface area contributed by atoms with Crippen LogP contribution in [0.1, 0.15) is 18.0 Å². The van der Waals surface area contributed by atoms with Crippen LogP contribution in [-0.2, 0) is 10.0 Å². The number of nitrogens with zero attached hydrogens (tertiary/aromatic N) is 4. The van der Waals surface area contributed by atoms with Crippen LogP contribution in [-0.4, -0.2) is 46.4 Å². The Balaban J connectivity index is 1.80. The lowest BCUT2D eigenvalue weighted by Gasteiger charge is -2.16. The molecule has 3 aromatic rings. The van der Waals surface area contributed by atoms with Crippen molar-refractivity contribution >= 4 is 15.8 Å². The van der Waals surface area contributed by atoms with E-state index in [1.165, 1.54) is 22.7 Å². The second-order valence-electron chi connectivity index (χ2n) is 6.26. The van der Waals surface area contributed by atoms with Crippen molar-refractivity contribution in [3.8, 4) is 11.3 Å². The number of imidazole rings is 1. The first-order chi connectivity index (χ1) is 11.9. The fourth-order valence-corrected chi connectivity index (χ4v) is 4.24. The highest BCUT2D eigenvalue weighted by molar-refractivity contribution is 7.88. The summed E-state index contributed by atoms with van der Waals surface area (Å²) in [6, 6.07) is 8.12. The molecular weight excluding hydrogens is 343 g/mol. The van der Waals surface area contributed by atoms with Crippen molar-refractivity contribution in [3.05, 3.63) is 54.2 Å². The lowest BCUT2D eigenvalue weighted by molar-refractivity contribution is 0.477. The predicted molar refractivity (Wildman–Crippen MR) is 92.2 cm³/mol. The minimum absolute atomic E-state index is 0.0635. The monoisotopic (exact) mass is 360 g/mol. The lowest BCUT2D eigenvalue weighted by atomic mass is 10.0. The predicted octanol–water partition coefficient (Wildman–Crippen LogP) is 2.28. The van der Waals surface area contributed by atoms with Gasteiger partial charge in [0.25, 0.3) is 0 Å². The largest absolute Gasteiger partial charge is 0.280 e. The van der Waals surface area contributed by atoms with E-state index in [0.717, 1.165) is 23.4 Å². The van der Waals surface area contributed by atoms with Crippen LogP contribution in [0.4, 0.5) is 4.39 Å². The van der Waals surface area contributed by atoms with E-state index in [-0.39, 0.29) is 11.7 Å². The van der Waals surface area contributed by atoms with Gasteiger partial charge in [-0.05, 0) is 36.8 Å². The van der Waals surface area contributed by atoms with Gasteiger partial charge in [-0.15, -0.1) is 0 Å². The molecule has 1 aromatic carbocycles. The Hall–Kier alpha value is -2.32. The van der Waals surface area contributed by atoms with E-state index in [1.54, 1.807) is 24.5 Å². The number of hydrogen-bond acceptors (Lipinski definition) is 4. The first-order valence-electron chi connectivity index (χ1n) is 7.97. The van der Waals surface area contributed by atoms with Gasteiger partial charge in [0.15, 0.2) is 0 Å². The maximum atomic E-state index is 13.2. The highest BCUT2D eigenvalue weighted by Crippen LogP contribution is 2.31. The average Bonchev–Trinajstić information content (AvgIpc) is 3.22. The van der Waals surface area contributed by atoms with Crippen molar-refractivity contribution in [3.63, 3.8) is 0 Å². The molecule has 3 heterocycles. The molecule has 0 amide bonds. The molecule has 1 saturated heterocycles. The number of sulfonamides is 1. The Kier molecular flexibility index (Phi) is 3.81. The molecular formula is C17H17FN4O2S. The quantitative estimate of drug-likeness (QED) is 0.719. The molecule has 1 atom stereocenters. The van der Waals surface area contributed by atoms with Gasteiger partial charge >= 0.3 is 0 Å². The Morgan fingerprint density at radius 1 is 1.16 bits per heavy atom. The van der Waals surface area contributed by atoms with Gasteiger partial charge in [-0.3, -0.25) is 4.40 Å². The minimum atomic E-state index is -3.20. The summed E-state index contributed by atoms with van der Waals surface area (Å²) in [4.78, 5) is 8.63. The summed E-state index contributed by atoms with van der Waals surface area (Å²) in [6.45, 7) is 0.951. The van der Waals surface area contributed by atoms with Gasteiger partial charge in [0.1, 0.15) is 5.82 Å². The molecule has 1 aliphatic heterocycles. The number of benzene rings is 1. The van der Waals surface area contributed by atoms with Crippen molar-refractivity contribution in [1.82, 2.24) is 18.7 Å². The summed E-state index contributed by atoms with van der Waals surface area (Å²) in [5.41, 5.74) is 2.62. The fourth-order valence-electron chi connectivity index (χ4n) is 3.36. The summed E-state index contributed by atoms with van der Waals surface area (Å²) in [5, 5.41) is 0. The van der Waals surface area contributed by atoms with Gasteiger partial charge in [0.05, 0.1) is 18.1 Å². The third-order valence-corrected chi connectivity index (χ3v) is 5.88. The van der Waals surface area contributed by atoms with Gasteiger partial charge in [-0.2, -0.15) is 0 Å². The van der Waals surface area contributed by atoms with Crippen LogP contribution in [0, 0.1) is 5.82 Å². The average molecular weight is 360 g/mol. The van der Waals surface area contributed by atoms with E-state index in [1.807, 2.05) is 10.5 Å². The Labute approximate surface area is 145 Å². The van der Waals surface area contributed by atoms with Crippen LogP contribution < -0.4 is 0 Å². The number of hydrogen-bond donors (Lipinski definition) is 0. The first kappa shape index (κ1) is 16.2. The molecule has 0 radical (unpaired) electrons. The van der Waals surface area contributed by atoms with Gasteiger partial charge in [0.2, 0.25) is 15.8 Å². The van der Waals surface area contributed by atoms with Crippen LogP contribution >= 0.6 is 0 Å². The molecule has 2 aromatic heterocycles. The smallest absolute Gasteiger partial charge is 0.234 e. The molecule has 1 aliphatic rings. The maximum absolute atomic E-state index is 13.2. The molecule has 1 fully saturated rings.